The van der Waals surface area contributed by atoms with E-state index in [1.165, 1.54) is 6.92 Å². The highest BCUT2D eigenvalue weighted by Crippen LogP contribution is 2.32. The molecule has 0 aromatic heterocycles. The van der Waals surface area contributed by atoms with E-state index >= 15 is 0 Å². The fourth-order valence-electron chi connectivity index (χ4n) is 2.32. The zero-order valence-corrected chi connectivity index (χ0v) is 12.2. The summed E-state index contributed by atoms with van der Waals surface area (Å²) in [5.74, 6) is -1.24. The van der Waals surface area contributed by atoms with Gasteiger partial charge < -0.3 is 5.32 Å². The minimum Gasteiger partial charge on any atom is -0.326 e. The second kappa shape index (κ2) is 7.06. The molecule has 0 unspecified atom stereocenters. The molecule has 2 aromatic carbocycles. The maximum absolute atomic E-state index is 11.0. The summed E-state index contributed by atoms with van der Waals surface area (Å²) in [6.45, 7) is 1.44. The van der Waals surface area contributed by atoms with Crippen molar-refractivity contribution >= 4 is 11.6 Å². The Morgan fingerprint density at radius 2 is 1.41 bits per heavy atom. The fourth-order valence-corrected chi connectivity index (χ4v) is 2.32. The van der Waals surface area contributed by atoms with Gasteiger partial charge in [0.15, 0.2) is 0 Å². The largest absolute Gasteiger partial charge is 0.326 e. The van der Waals surface area contributed by atoms with Crippen LogP contribution in [-0.4, -0.2) is 5.91 Å². The fraction of sp³-hybridized carbons (Fsp3) is 0.167. The van der Waals surface area contributed by atoms with Gasteiger partial charge in [-0.1, -0.05) is 42.5 Å². The lowest BCUT2D eigenvalue weighted by Gasteiger charge is -2.16. The predicted molar refractivity (Wildman–Crippen MR) is 83.9 cm³/mol. The lowest BCUT2D eigenvalue weighted by Crippen LogP contribution is -2.09. The maximum Gasteiger partial charge on any atom is 0.221 e. The third kappa shape index (κ3) is 3.50. The van der Waals surface area contributed by atoms with E-state index < -0.39 is 11.8 Å². The average Bonchev–Trinajstić information content (AvgIpc) is 2.54. The standard InChI is InChI=1S/C18H15N3O/c1-13(22)21-16-9-7-15(8-10-16)18(12-20)17(11-19)14-5-3-2-4-6-14/h2-10,17-18H,1H3,(H,21,22)/t17-,18+/m0/s1. The van der Waals surface area contributed by atoms with Crippen LogP contribution >= 0.6 is 0 Å². The number of rotatable bonds is 4. The molecule has 108 valence electrons. The van der Waals surface area contributed by atoms with Gasteiger partial charge in [-0.2, -0.15) is 10.5 Å². The average molecular weight is 289 g/mol. The molecule has 0 saturated heterocycles. The van der Waals surface area contributed by atoms with Crippen molar-refractivity contribution in [2.45, 2.75) is 18.8 Å². The molecular weight excluding hydrogens is 274 g/mol. The first-order valence-corrected chi connectivity index (χ1v) is 6.87. The number of carbonyl (C=O) groups is 1. The van der Waals surface area contributed by atoms with Crippen LogP contribution in [0.15, 0.2) is 54.6 Å². The summed E-state index contributed by atoms with van der Waals surface area (Å²) in [5, 5.41) is 21.6. The van der Waals surface area contributed by atoms with E-state index in [-0.39, 0.29) is 5.91 Å². The molecule has 0 aliphatic carbocycles. The van der Waals surface area contributed by atoms with Crippen LogP contribution in [0.4, 0.5) is 5.69 Å². The smallest absolute Gasteiger partial charge is 0.221 e. The monoisotopic (exact) mass is 289 g/mol. The van der Waals surface area contributed by atoms with E-state index in [0.29, 0.717) is 5.69 Å². The lowest BCUT2D eigenvalue weighted by atomic mass is 9.83. The number of nitrogens with zero attached hydrogens (tertiary/aromatic N) is 2. The minimum atomic E-state index is -0.557. The van der Waals surface area contributed by atoms with Crippen LogP contribution in [0.3, 0.4) is 0 Å². The molecule has 0 aliphatic rings. The van der Waals surface area contributed by atoms with Crippen molar-refractivity contribution in [2.75, 3.05) is 5.32 Å². The molecule has 0 spiro atoms. The van der Waals surface area contributed by atoms with Gasteiger partial charge in [0.2, 0.25) is 5.91 Å². The number of anilines is 1. The van der Waals surface area contributed by atoms with Crippen molar-refractivity contribution in [3.63, 3.8) is 0 Å². The maximum atomic E-state index is 11.0. The number of carbonyl (C=O) groups excluding carboxylic acids is 1. The number of nitriles is 2. The van der Waals surface area contributed by atoms with Gasteiger partial charge in [0.25, 0.3) is 0 Å². The Kier molecular flexibility index (Phi) is 4.90. The van der Waals surface area contributed by atoms with Crippen LogP contribution in [0.25, 0.3) is 0 Å². The van der Waals surface area contributed by atoms with Crippen LogP contribution in [0.1, 0.15) is 29.9 Å². The Hall–Kier alpha value is -3.11. The van der Waals surface area contributed by atoms with Crippen molar-refractivity contribution in [1.82, 2.24) is 0 Å². The normalized spacial score (nSPS) is 12.5. The van der Waals surface area contributed by atoms with Gasteiger partial charge in [-0.3, -0.25) is 4.79 Å². The van der Waals surface area contributed by atoms with Gasteiger partial charge in [0.1, 0.15) is 0 Å². The van der Waals surface area contributed by atoms with Gasteiger partial charge in [0.05, 0.1) is 24.0 Å². The minimum absolute atomic E-state index is 0.149. The molecule has 1 amide bonds. The quantitative estimate of drug-likeness (QED) is 0.934. The van der Waals surface area contributed by atoms with E-state index in [2.05, 4.69) is 17.5 Å². The third-order valence-corrected chi connectivity index (χ3v) is 3.36. The first kappa shape index (κ1) is 15.3. The van der Waals surface area contributed by atoms with Crippen LogP contribution in [0.5, 0.6) is 0 Å². The molecule has 2 aromatic rings. The summed E-state index contributed by atoms with van der Waals surface area (Å²) >= 11 is 0. The highest BCUT2D eigenvalue weighted by atomic mass is 16.1. The lowest BCUT2D eigenvalue weighted by molar-refractivity contribution is -0.114. The van der Waals surface area contributed by atoms with Gasteiger partial charge >= 0.3 is 0 Å². The highest BCUT2D eigenvalue weighted by molar-refractivity contribution is 5.88. The van der Waals surface area contributed by atoms with E-state index in [0.717, 1.165) is 11.1 Å². The predicted octanol–water partition coefficient (Wildman–Crippen LogP) is 3.56. The van der Waals surface area contributed by atoms with Crippen molar-refractivity contribution in [3.05, 3.63) is 65.7 Å². The number of hydrogen-bond donors (Lipinski definition) is 1. The first-order chi connectivity index (χ1) is 10.7. The second-order valence-electron chi connectivity index (χ2n) is 4.93. The van der Waals surface area contributed by atoms with Gasteiger partial charge in [0, 0.05) is 12.6 Å². The molecular formula is C18H15N3O. The molecule has 0 aliphatic heterocycles. The van der Waals surface area contributed by atoms with Crippen molar-refractivity contribution in [3.8, 4) is 12.1 Å². The van der Waals surface area contributed by atoms with Gasteiger partial charge in [-0.15, -0.1) is 0 Å². The van der Waals surface area contributed by atoms with Gasteiger partial charge in [-0.25, -0.2) is 0 Å². The zero-order chi connectivity index (χ0) is 15.9. The van der Waals surface area contributed by atoms with E-state index in [1.807, 2.05) is 30.3 Å². The number of benzene rings is 2. The molecule has 2 rings (SSSR count). The molecule has 4 nitrogen and oxygen atoms in total. The summed E-state index contributed by atoms with van der Waals surface area (Å²) in [4.78, 5) is 11.0. The molecule has 1 N–H and O–H groups in total. The third-order valence-electron chi connectivity index (χ3n) is 3.36. The number of hydrogen-bond acceptors (Lipinski definition) is 3. The van der Waals surface area contributed by atoms with E-state index in [9.17, 15) is 15.3 Å². The molecule has 2 atom stereocenters. The summed E-state index contributed by atoms with van der Waals surface area (Å²) in [6.07, 6.45) is 0. The Morgan fingerprint density at radius 1 is 0.909 bits per heavy atom. The second-order valence-corrected chi connectivity index (χ2v) is 4.93. The Morgan fingerprint density at radius 3 is 1.86 bits per heavy atom. The molecule has 0 bridgehead atoms. The molecule has 0 fully saturated rings. The van der Waals surface area contributed by atoms with E-state index in [4.69, 9.17) is 0 Å². The van der Waals surface area contributed by atoms with Crippen LogP contribution in [0, 0.1) is 22.7 Å². The molecule has 4 heteroatoms. The first-order valence-electron chi connectivity index (χ1n) is 6.87. The molecule has 0 saturated carbocycles. The summed E-state index contributed by atoms with van der Waals surface area (Å²) in [5.41, 5.74) is 2.25. The molecule has 0 heterocycles. The summed E-state index contributed by atoms with van der Waals surface area (Å²) < 4.78 is 0. The van der Waals surface area contributed by atoms with Crippen LogP contribution in [-0.2, 0) is 4.79 Å². The number of nitrogens with one attached hydrogen (secondary N) is 1. The summed E-state index contributed by atoms with van der Waals surface area (Å²) in [7, 11) is 0. The topological polar surface area (TPSA) is 76.7 Å². The number of amides is 1. The van der Waals surface area contributed by atoms with Crippen molar-refractivity contribution in [1.29, 1.82) is 10.5 Å². The zero-order valence-electron chi connectivity index (χ0n) is 12.2. The van der Waals surface area contributed by atoms with Gasteiger partial charge in [-0.05, 0) is 23.3 Å². The molecule has 22 heavy (non-hydrogen) atoms. The Balaban J connectivity index is 2.30. The van der Waals surface area contributed by atoms with E-state index in [1.54, 1.807) is 24.3 Å². The Labute approximate surface area is 129 Å². The SMILES string of the molecule is CC(=O)Nc1ccc([C@@H](C#N)[C@@H](C#N)c2ccccc2)cc1. The van der Waals surface area contributed by atoms with Crippen molar-refractivity contribution < 1.29 is 4.79 Å². The Bertz CT molecular complexity index is 724. The summed E-state index contributed by atoms with van der Waals surface area (Å²) in [6, 6.07) is 20.7. The van der Waals surface area contributed by atoms with Crippen LogP contribution < -0.4 is 5.32 Å². The highest BCUT2D eigenvalue weighted by Gasteiger charge is 2.24. The van der Waals surface area contributed by atoms with Crippen LogP contribution in [0.2, 0.25) is 0 Å². The van der Waals surface area contributed by atoms with Crippen molar-refractivity contribution in [2.24, 2.45) is 0 Å². The molecule has 0 radical (unpaired) electrons.